The van der Waals surface area contributed by atoms with Gasteiger partial charge in [-0.1, -0.05) is 12.1 Å². The Hall–Kier alpha value is -2.14. The van der Waals surface area contributed by atoms with Gasteiger partial charge in [-0.05, 0) is 36.1 Å². The zero-order valence-corrected chi connectivity index (χ0v) is 14.1. The summed E-state index contributed by atoms with van der Waals surface area (Å²) in [7, 11) is 3.22. The number of methoxy groups -OCH3 is 2. The van der Waals surface area contributed by atoms with Crippen LogP contribution in [0, 0.1) is 0 Å². The second-order valence-electron chi connectivity index (χ2n) is 5.24. The van der Waals surface area contributed by atoms with Crippen LogP contribution in [0.15, 0.2) is 42.5 Å². The summed E-state index contributed by atoms with van der Waals surface area (Å²) in [5, 5.41) is 0. The first-order valence-electron chi connectivity index (χ1n) is 7.20. The van der Waals surface area contributed by atoms with Crippen LogP contribution in [0.2, 0.25) is 0 Å². The fourth-order valence-corrected chi connectivity index (χ4v) is 3.59. The van der Waals surface area contributed by atoms with Crippen LogP contribution < -0.4 is 14.2 Å². The summed E-state index contributed by atoms with van der Waals surface area (Å²) in [6.45, 7) is 0.291. The van der Waals surface area contributed by atoms with Crippen molar-refractivity contribution in [2.45, 2.75) is 4.75 Å². The van der Waals surface area contributed by atoms with E-state index in [4.69, 9.17) is 14.2 Å². The van der Waals surface area contributed by atoms with E-state index < -0.39 is 4.75 Å². The van der Waals surface area contributed by atoms with Gasteiger partial charge in [-0.15, -0.1) is 11.8 Å². The Kier molecular flexibility index (Phi) is 4.22. The van der Waals surface area contributed by atoms with Crippen LogP contribution in [0.5, 0.6) is 17.2 Å². The molecule has 2 aromatic carbocycles. The van der Waals surface area contributed by atoms with Crippen molar-refractivity contribution >= 4 is 17.5 Å². The Morgan fingerprint density at radius 3 is 2.30 bits per heavy atom. The number of hydrogen-bond donors (Lipinski definition) is 0. The number of carbonyl (C=O) groups excluding carboxylic acids is 1. The molecule has 1 atom stereocenters. The van der Waals surface area contributed by atoms with Crippen LogP contribution in [0.3, 0.4) is 0 Å². The number of rotatable bonds is 4. The van der Waals surface area contributed by atoms with Gasteiger partial charge in [0.15, 0.2) is 5.78 Å². The Balaban J connectivity index is 2.04. The second-order valence-corrected chi connectivity index (χ2v) is 6.34. The molecule has 1 heterocycles. The molecule has 0 aromatic heterocycles. The molecule has 5 heteroatoms. The van der Waals surface area contributed by atoms with Gasteiger partial charge in [0.05, 0.1) is 19.8 Å². The Morgan fingerprint density at radius 1 is 1.04 bits per heavy atom. The van der Waals surface area contributed by atoms with Gasteiger partial charge in [0.1, 0.15) is 28.6 Å². The van der Waals surface area contributed by atoms with Gasteiger partial charge in [-0.25, -0.2) is 0 Å². The van der Waals surface area contributed by atoms with Gasteiger partial charge in [0, 0.05) is 6.07 Å². The van der Waals surface area contributed by atoms with Gasteiger partial charge in [0.25, 0.3) is 0 Å². The lowest BCUT2D eigenvalue weighted by atomic mass is 9.88. The summed E-state index contributed by atoms with van der Waals surface area (Å²) < 4.78 is 15.5. The fraction of sp³-hybridized carbons (Fsp3) is 0.278. The van der Waals surface area contributed by atoms with Gasteiger partial charge in [-0.2, -0.15) is 0 Å². The molecule has 0 spiro atoms. The number of Topliss-reactive ketones (excluding diaryl/α,β-unsaturated/α-hetero) is 1. The van der Waals surface area contributed by atoms with Crippen LogP contribution in [-0.4, -0.2) is 32.9 Å². The lowest BCUT2D eigenvalue weighted by Crippen LogP contribution is -2.42. The number of ether oxygens (including phenoxy) is 3. The average molecular weight is 330 g/mol. The first-order valence-corrected chi connectivity index (χ1v) is 8.42. The highest BCUT2D eigenvalue weighted by molar-refractivity contribution is 8.00. The molecule has 0 saturated heterocycles. The molecule has 0 N–H and O–H groups in total. The predicted octanol–water partition coefficient (Wildman–Crippen LogP) is 3.54. The van der Waals surface area contributed by atoms with E-state index in [0.717, 1.165) is 11.3 Å². The van der Waals surface area contributed by atoms with Crippen molar-refractivity contribution in [3.63, 3.8) is 0 Å². The average Bonchev–Trinajstić information content (AvgIpc) is 2.62. The Morgan fingerprint density at radius 2 is 1.70 bits per heavy atom. The Bertz CT molecular complexity index is 726. The zero-order chi connectivity index (χ0) is 16.4. The maximum Gasteiger partial charge on any atom is 0.190 e. The Labute approximate surface area is 139 Å². The molecule has 120 valence electrons. The van der Waals surface area contributed by atoms with Crippen molar-refractivity contribution in [1.82, 2.24) is 0 Å². The van der Waals surface area contributed by atoms with Gasteiger partial charge < -0.3 is 14.2 Å². The first kappa shape index (κ1) is 15.7. The predicted molar refractivity (Wildman–Crippen MR) is 91.0 cm³/mol. The summed E-state index contributed by atoms with van der Waals surface area (Å²) in [5.74, 6) is 2.07. The molecule has 0 unspecified atom stereocenters. The summed E-state index contributed by atoms with van der Waals surface area (Å²) in [6.07, 6.45) is 1.93. The van der Waals surface area contributed by atoms with Crippen LogP contribution >= 0.6 is 11.8 Å². The highest BCUT2D eigenvalue weighted by Gasteiger charge is 2.45. The minimum absolute atomic E-state index is 0.0547. The second kappa shape index (κ2) is 6.16. The molecule has 1 aliphatic heterocycles. The molecular formula is C18H18O4S. The fourth-order valence-electron chi connectivity index (χ4n) is 2.74. The van der Waals surface area contributed by atoms with E-state index in [9.17, 15) is 4.79 Å². The molecule has 0 fully saturated rings. The largest absolute Gasteiger partial charge is 0.497 e. The third-order valence-corrected chi connectivity index (χ3v) is 5.37. The monoisotopic (exact) mass is 330 g/mol. The molecule has 0 saturated carbocycles. The van der Waals surface area contributed by atoms with Crippen LogP contribution in [0.25, 0.3) is 0 Å². The molecule has 3 rings (SSSR count). The van der Waals surface area contributed by atoms with Crippen molar-refractivity contribution in [2.24, 2.45) is 0 Å². The number of ketones is 1. The van der Waals surface area contributed by atoms with Crippen molar-refractivity contribution in [3.05, 3.63) is 53.6 Å². The van der Waals surface area contributed by atoms with Crippen molar-refractivity contribution in [3.8, 4) is 17.2 Å². The third kappa shape index (κ3) is 2.55. The molecule has 4 nitrogen and oxygen atoms in total. The lowest BCUT2D eigenvalue weighted by molar-refractivity contribution is 0.0867. The van der Waals surface area contributed by atoms with E-state index >= 15 is 0 Å². The molecule has 2 aromatic rings. The van der Waals surface area contributed by atoms with E-state index in [2.05, 4.69) is 0 Å². The number of hydrogen-bond acceptors (Lipinski definition) is 5. The van der Waals surface area contributed by atoms with E-state index in [1.807, 2.05) is 30.5 Å². The third-order valence-electron chi connectivity index (χ3n) is 4.14. The van der Waals surface area contributed by atoms with Crippen molar-refractivity contribution in [2.75, 3.05) is 27.1 Å². The van der Waals surface area contributed by atoms with Crippen LogP contribution in [-0.2, 0) is 4.75 Å². The summed E-state index contributed by atoms with van der Waals surface area (Å²) in [5.41, 5.74) is 1.50. The number of carbonyl (C=O) groups is 1. The molecule has 1 aliphatic rings. The van der Waals surface area contributed by atoms with E-state index in [1.54, 1.807) is 32.4 Å². The molecule has 23 heavy (non-hydrogen) atoms. The van der Waals surface area contributed by atoms with Gasteiger partial charge in [0.2, 0.25) is 0 Å². The number of fused-ring (bicyclic) bond motifs is 1. The molecule has 0 aliphatic carbocycles. The quantitative estimate of drug-likeness (QED) is 0.858. The standard InChI is InChI=1S/C18H18O4S/c1-20-13-6-4-12(5-7-13)18(23-3)11-22-16-10-14(21-2)8-9-15(16)17(18)19/h4-10H,11H2,1-3H3/t18-/m0/s1. The number of thioether (sulfide) groups is 1. The van der Waals surface area contributed by atoms with Crippen LogP contribution in [0.4, 0.5) is 0 Å². The van der Waals surface area contributed by atoms with E-state index in [-0.39, 0.29) is 5.78 Å². The zero-order valence-electron chi connectivity index (χ0n) is 13.3. The maximum atomic E-state index is 13.2. The summed E-state index contributed by atoms with van der Waals surface area (Å²) in [6, 6.07) is 12.9. The van der Waals surface area contributed by atoms with Crippen molar-refractivity contribution < 1.29 is 19.0 Å². The number of benzene rings is 2. The maximum absolute atomic E-state index is 13.2. The topological polar surface area (TPSA) is 44.8 Å². The summed E-state index contributed by atoms with van der Waals surface area (Å²) >= 11 is 1.49. The van der Waals surface area contributed by atoms with E-state index in [1.165, 1.54) is 11.8 Å². The SMILES string of the molecule is COc1ccc([C@@]2(SC)COc3cc(OC)ccc3C2=O)cc1. The van der Waals surface area contributed by atoms with Gasteiger partial charge >= 0.3 is 0 Å². The van der Waals surface area contributed by atoms with E-state index in [0.29, 0.717) is 23.7 Å². The minimum atomic E-state index is -0.742. The lowest BCUT2D eigenvalue weighted by Gasteiger charge is -2.35. The molecule has 0 bridgehead atoms. The van der Waals surface area contributed by atoms with Gasteiger partial charge in [-0.3, -0.25) is 4.79 Å². The highest BCUT2D eigenvalue weighted by atomic mass is 32.2. The summed E-state index contributed by atoms with van der Waals surface area (Å²) in [4.78, 5) is 13.2. The smallest absolute Gasteiger partial charge is 0.190 e. The molecule has 0 amide bonds. The minimum Gasteiger partial charge on any atom is -0.497 e. The molecular weight excluding hydrogens is 312 g/mol. The highest BCUT2D eigenvalue weighted by Crippen LogP contribution is 2.44. The first-order chi connectivity index (χ1) is 11.1. The van der Waals surface area contributed by atoms with Crippen LogP contribution in [0.1, 0.15) is 15.9 Å². The normalized spacial score (nSPS) is 19.7. The van der Waals surface area contributed by atoms with Crippen molar-refractivity contribution in [1.29, 1.82) is 0 Å². The molecule has 0 radical (unpaired) electrons.